The Morgan fingerprint density at radius 1 is 1.17 bits per heavy atom. The molecule has 2 fully saturated rings. The van der Waals surface area contributed by atoms with Gasteiger partial charge in [-0.3, -0.25) is 4.79 Å². The molecule has 1 aliphatic heterocycles. The van der Waals surface area contributed by atoms with Crippen LogP contribution in [0.2, 0.25) is 5.28 Å². The van der Waals surface area contributed by atoms with Crippen molar-refractivity contribution in [2.45, 2.75) is 63.8 Å². The van der Waals surface area contributed by atoms with Crippen molar-refractivity contribution in [3.8, 4) is 0 Å². The second-order valence-corrected chi connectivity index (χ2v) is 7.58. The second kappa shape index (κ2) is 5.93. The van der Waals surface area contributed by atoms with Crippen molar-refractivity contribution in [3.05, 3.63) is 11.5 Å². The lowest BCUT2D eigenvalue weighted by Crippen LogP contribution is -2.47. The van der Waals surface area contributed by atoms with E-state index in [4.69, 9.17) is 11.6 Å². The lowest BCUT2D eigenvalue weighted by molar-refractivity contribution is -0.126. The van der Waals surface area contributed by atoms with Crippen LogP contribution in [0.15, 0.2) is 6.20 Å². The van der Waals surface area contributed by atoms with Crippen molar-refractivity contribution < 1.29 is 4.79 Å². The standard InChI is InChI=1S/C17H23ClN4O/c18-16-19-10-13-14(21-16)22(12-6-2-3-7-12)11-17(15(23)20-13)8-4-1-5-9-17/h10,12H,1-9,11H2,(H,20,23). The maximum atomic E-state index is 13.0. The average molecular weight is 335 g/mol. The molecule has 124 valence electrons. The van der Waals surface area contributed by atoms with Crippen LogP contribution in [-0.4, -0.2) is 28.5 Å². The van der Waals surface area contributed by atoms with Gasteiger partial charge in [0.15, 0.2) is 5.82 Å². The first-order valence-corrected chi connectivity index (χ1v) is 9.16. The molecule has 23 heavy (non-hydrogen) atoms. The molecule has 0 aromatic carbocycles. The van der Waals surface area contributed by atoms with Crippen LogP contribution in [0.5, 0.6) is 0 Å². The second-order valence-electron chi connectivity index (χ2n) is 7.24. The van der Waals surface area contributed by atoms with Gasteiger partial charge in [-0.25, -0.2) is 4.98 Å². The monoisotopic (exact) mass is 334 g/mol. The molecule has 1 aromatic heterocycles. The van der Waals surface area contributed by atoms with Gasteiger partial charge in [-0.15, -0.1) is 0 Å². The average Bonchev–Trinajstić information content (AvgIpc) is 3.06. The molecule has 2 heterocycles. The first-order chi connectivity index (χ1) is 11.2. The van der Waals surface area contributed by atoms with Crippen LogP contribution >= 0.6 is 11.6 Å². The fraction of sp³-hybridized carbons (Fsp3) is 0.706. The van der Waals surface area contributed by atoms with Crippen molar-refractivity contribution in [1.29, 1.82) is 0 Å². The van der Waals surface area contributed by atoms with Crippen LogP contribution in [-0.2, 0) is 4.79 Å². The van der Waals surface area contributed by atoms with E-state index in [0.717, 1.165) is 38.0 Å². The molecule has 3 aliphatic rings. The summed E-state index contributed by atoms with van der Waals surface area (Å²) < 4.78 is 0. The minimum absolute atomic E-state index is 0.143. The quantitative estimate of drug-likeness (QED) is 0.794. The van der Waals surface area contributed by atoms with Crippen molar-refractivity contribution in [3.63, 3.8) is 0 Å². The summed E-state index contributed by atoms with van der Waals surface area (Å²) >= 11 is 6.05. The van der Waals surface area contributed by atoms with E-state index in [0.29, 0.717) is 11.7 Å². The van der Waals surface area contributed by atoms with E-state index in [1.165, 1.54) is 32.1 Å². The number of halogens is 1. The van der Waals surface area contributed by atoms with E-state index in [-0.39, 0.29) is 16.6 Å². The smallest absolute Gasteiger partial charge is 0.232 e. The molecule has 1 amide bonds. The molecule has 6 heteroatoms. The molecule has 2 saturated carbocycles. The SMILES string of the molecule is O=C1Nc2cnc(Cl)nc2N(C2CCCC2)CC12CCCCC2. The number of amides is 1. The van der Waals surface area contributed by atoms with Crippen molar-refractivity contribution in [2.24, 2.45) is 5.41 Å². The van der Waals surface area contributed by atoms with Gasteiger partial charge in [0.25, 0.3) is 0 Å². The van der Waals surface area contributed by atoms with Gasteiger partial charge in [-0.05, 0) is 37.3 Å². The van der Waals surface area contributed by atoms with E-state index in [1.807, 2.05) is 0 Å². The van der Waals surface area contributed by atoms with Crippen molar-refractivity contribution in [1.82, 2.24) is 9.97 Å². The van der Waals surface area contributed by atoms with E-state index in [9.17, 15) is 4.79 Å². The molecule has 0 bridgehead atoms. The zero-order valence-corrected chi connectivity index (χ0v) is 14.1. The summed E-state index contributed by atoms with van der Waals surface area (Å²) in [6.45, 7) is 0.768. The van der Waals surface area contributed by atoms with Crippen molar-refractivity contribution in [2.75, 3.05) is 16.8 Å². The first-order valence-electron chi connectivity index (χ1n) is 8.79. The van der Waals surface area contributed by atoms with Crippen LogP contribution in [0.4, 0.5) is 11.5 Å². The number of nitrogens with one attached hydrogen (secondary N) is 1. The number of hydrogen-bond donors (Lipinski definition) is 1. The summed E-state index contributed by atoms with van der Waals surface area (Å²) in [7, 11) is 0. The maximum Gasteiger partial charge on any atom is 0.232 e. The predicted octanol–water partition coefficient (Wildman–Crippen LogP) is 3.78. The number of hydrogen-bond acceptors (Lipinski definition) is 4. The predicted molar refractivity (Wildman–Crippen MR) is 90.8 cm³/mol. The van der Waals surface area contributed by atoms with Gasteiger partial charge in [-0.2, -0.15) is 4.98 Å². The van der Waals surface area contributed by atoms with Crippen LogP contribution in [0, 0.1) is 5.41 Å². The maximum absolute atomic E-state index is 13.0. The van der Waals surface area contributed by atoms with Gasteiger partial charge in [-0.1, -0.05) is 32.1 Å². The number of nitrogens with zero attached hydrogens (tertiary/aromatic N) is 3. The van der Waals surface area contributed by atoms with E-state index < -0.39 is 0 Å². The van der Waals surface area contributed by atoms with Gasteiger partial charge in [0.2, 0.25) is 11.2 Å². The number of aromatic nitrogens is 2. The third-order valence-corrected chi connectivity index (χ3v) is 5.97. The van der Waals surface area contributed by atoms with Crippen LogP contribution in [0.1, 0.15) is 57.8 Å². The highest BCUT2D eigenvalue weighted by Gasteiger charge is 2.45. The Balaban J connectivity index is 1.76. The number of anilines is 2. The number of rotatable bonds is 1. The van der Waals surface area contributed by atoms with Gasteiger partial charge < -0.3 is 10.2 Å². The molecule has 4 rings (SSSR count). The molecule has 0 saturated heterocycles. The van der Waals surface area contributed by atoms with Gasteiger partial charge in [0.1, 0.15) is 5.69 Å². The number of carbonyl (C=O) groups is 1. The van der Waals surface area contributed by atoms with Gasteiger partial charge >= 0.3 is 0 Å². The molecule has 0 unspecified atom stereocenters. The fourth-order valence-corrected chi connectivity index (χ4v) is 4.65. The Morgan fingerprint density at radius 2 is 1.91 bits per heavy atom. The van der Waals surface area contributed by atoms with E-state index in [1.54, 1.807) is 6.20 Å². The molecule has 1 N–H and O–H groups in total. The summed E-state index contributed by atoms with van der Waals surface area (Å²) in [5, 5.41) is 3.35. The van der Waals surface area contributed by atoms with Crippen LogP contribution in [0.3, 0.4) is 0 Å². The topological polar surface area (TPSA) is 58.1 Å². The Hall–Kier alpha value is -1.36. The van der Waals surface area contributed by atoms with E-state index in [2.05, 4.69) is 20.2 Å². The fourth-order valence-electron chi connectivity index (χ4n) is 4.52. The molecule has 2 aliphatic carbocycles. The summed E-state index contributed by atoms with van der Waals surface area (Å²) in [5.41, 5.74) is 0.433. The number of fused-ring (bicyclic) bond motifs is 1. The molecule has 0 atom stereocenters. The highest BCUT2D eigenvalue weighted by Crippen LogP contribution is 2.44. The lowest BCUT2D eigenvalue weighted by atomic mass is 9.73. The Kier molecular flexibility index (Phi) is 3.92. The Bertz CT molecular complexity index is 609. The highest BCUT2D eigenvalue weighted by atomic mass is 35.5. The van der Waals surface area contributed by atoms with Crippen LogP contribution < -0.4 is 10.2 Å². The minimum atomic E-state index is -0.284. The third kappa shape index (κ3) is 2.69. The lowest BCUT2D eigenvalue weighted by Gasteiger charge is -2.40. The molecule has 5 nitrogen and oxygen atoms in total. The van der Waals surface area contributed by atoms with Gasteiger partial charge in [0.05, 0.1) is 11.6 Å². The summed E-state index contributed by atoms with van der Waals surface area (Å²) in [5.74, 6) is 0.956. The van der Waals surface area contributed by atoms with Gasteiger partial charge in [0, 0.05) is 12.6 Å². The molecular weight excluding hydrogens is 312 g/mol. The Labute approximate surface area is 141 Å². The largest absolute Gasteiger partial charge is 0.351 e. The molecule has 1 aromatic rings. The van der Waals surface area contributed by atoms with E-state index >= 15 is 0 Å². The third-order valence-electron chi connectivity index (χ3n) is 5.79. The summed E-state index contributed by atoms with van der Waals surface area (Å²) in [6.07, 6.45) is 11.9. The molecule has 1 spiro atoms. The highest BCUT2D eigenvalue weighted by molar-refractivity contribution is 6.28. The zero-order chi connectivity index (χ0) is 15.9. The summed E-state index contributed by atoms with van der Waals surface area (Å²) in [6, 6.07) is 0.464. The van der Waals surface area contributed by atoms with Crippen LogP contribution in [0.25, 0.3) is 0 Å². The minimum Gasteiger partial charge on any atom is -0.351 e. The zero-order valence-electron chi connectivity index (χ0n) is 13.4. The first kappa shape index (κ1) is 15.2. The molecular formula is C17H23ClN4O. The molecule has 0 radical (unpaired) electrons. The Morgan fingerprint density at radius 3 is 2.65 bits per heavy atom. The number of carbonyl (C=O) groups excluding carboxylic acids is 1. The normalized spacial score (nSPS) is 24.4. The summed E-state index contributed by atoms with van der Waals surface area (Å²) in [4.78, 5) is 23.9. The van der Waals surface area contributed by atoms with Crippen molar-refractivity contribution >= 4 is 29.0 Å².